The van der Waals surface area contributed by atoms with E-state index in [0.29, 0.717) is 0 Å². The number of piperidine rings is 1. The zero-order chi connectivity index (χ0) is 11.1. The quantitative estimate of drug-likeness (QED) is 0.643. The summed E-state index contributed by atoms with van der Waals surface area (Å²) in [4.78, 5) is 2.67. The van der Waals surface area contributed by atoms with E-state index < -0.39 is 0 Å². The zero-order valence-electron chi connectivity index (χ0n) is 11.0. The van der Waals surface area contributed by atoms with Crippen LogP contribution in [0, 0.1) is 11.8 Å². The molecule has 0 aromatic carbocycles. The van der Waals surface area contributed by atoms with Crippen LogP contribution in [0.1, 0.15) is 59.3 Å². The van der Waals surface area contributed by atoms with Gasteiger partial charge in [-0.2, -0.15) is 0 Å². The molecule has 0 aliphatic carbocycles. The molecule has 90 valence electrons. The number of hydrogen-bond donors (Lipinski definition) is 0. The van der Waals surface area contributed by atoms with Gasteiger partial charge in [-0.25, -0.2) is 0 Å². The molecule has 15 heavy (non-hydrogen) atoms. The molecule has 1 heterocycles. The van der Waals surface area contributed by atoms with Crippen LogP contribution in [0.2, 0.25) is 0 Å². The Hall–Kier alpha value is -0.0400. The first-order chi connectivity index (χ1) is 7.22. The molecule has 1 fully saturated rings. The van der Waals surface area contributed by atoms with Crippen LogP contribution in [0.5, 0.6) is 0 Å². The summed E-state index contributed by atoms with van der Waals surface area (Å²) in [5, 5.41) is 0. The lowest BCUT2D eigenvalue weighted by Gasteiger charge is -2.32. The molecule has 0 saturated carbocycles. The van der Waals surface area contributed by atoms with E-state index in [0.717, 1.165) is 11.8 Å². The van der Waals surface area contributed by atoms with Gasteiger partial charge in [0.15, 0.2) is 0 Å². The second-order valence-corrected chi connectivity index (χ2v) is 5.61. The Morgan fingerprint density at radius 2 is 1.87 bits per heavy atom. The molecule has 1 aliphatic rings. The standard InChI is InChI=1S/C14H29N/c1-4-5-6-14-8-11-15(12-9-14)10-7-13(2)3/h13-14H,4-12H2,1-3H3. The van der Waals surface area contributed by atoms with Gasteiger partial charge in [0, 0.05) is 0 Å². The predicted molar refractivity (Wildman–Crippen MR) is 68.1 cm³/mol. The van der Waals surface area contributed by atoms with Crippen molar-refractivity contribution in [1.29, 1.82) is 0 Å². The summed E-state index contributed by atoms with van der Waals surface area (Å²) >= 11 is 0. The van der Waals surface area contributed by atoms with Crippen molar-refractivity contribution >= 4 is 0 Å². The molecule has 0 atom stereocenters. The fraction of sp³-hybridized carbons (Fsp3) is 1.00. The summed E-state index contributed by atoms with van der Waals surface area (Å²) < 4.78 is 0. The number of nitrogens with zero attached hydrogens (tertiary/aromatic N) is 1. The van der Waals surface area contributed by atoms with Crippen molar-refractivity contribution in [2.45, 2.75) is 59.3 Å². The van der Waals surface area contributed by atoms with Gasteiger partial charge >= 0.3 is 0 Å². The number of unbranched alkanes of at least 4 members (excludes halogenated alkanes) is 1. The average Bonchev–Trinajstić information content (AvgIpc) is 2.25. The first-order valence-corrected chi connectivity index (χ1v) is 6.94. The van der Waals surface area contributed by atoms with E-state index in [9.17, 15) is 0 Å². The van der Waals surface area contributed by atoms with Crippen LogP contribution < -0.4 is 0 Å². The number of likely N-dealkylation sites (tertiary alicyclic amines) is 1. The van der Waals surface area contributed by atoms with E-state index in [4.69, 9.17) is 0 Å². The van der Waals surface area contributed by atoms with Crippen LogP contribution in [-0.2, 0) is 0 Å². The second kappa shape index (κ2) is 7.27. The summed E-state index contributed by atoms with van der Waals surface area (Å²) in [5.41, 5.74) is 0. The van der Waals surface area contributed by atoms with Gasteiger partial charge < -0.3 is 4.90 Å². The summed E-state index contributed by atoms with van der Waals surface area (Å²) in [6, 6.07) is 0. The van der Waals surface area contributed by atoms with Crippen LogP contribution in [-0.4, -0.2) is 24.5 Å². The van der Waals surface area contributed by atoms with Gasteiger partial charge in [0.05, 0.1) is 0 Å². The first kappa shape index (κ1) is 13.0. The second-order valence-electron chi connectivity index (χ2n) is 5.61. The maximum Gasteiger partial charge on any atom is -0.00161 e. The molecule has 1 heteroatoms. The summed E-state index contributed by atoms with van der Waals surface area (Å²) in [7, 11) is 0. The number of rotatable bonds is 6. The van der Waals surface area contributed by atoms with E-state index in [-0.39, 0.29) is 0 Å². The molecule has 1 saturated heterocycles. The highest BCUT2D eigenvalue weighted by molar-refractivity contribution is 4.72. The van der Waals surface area contributed by atoms with Crippen LogP contribution in [0.15, 0.2) is 0 Å². The Labute approximate surface area is 96.2 Å². The maximum absolute atomic E-state index is 2.67. The van der Waals surface area contributed by atoms with E-state index >= 15 is 0 Å². The molecule has 0 unspecified atom stereocenters. The normalized spacial score (nSPS) is 20.0. The summed E-state index contributed by atoms with van der Waals surface area (Å²) in [6.45, 7) is 11.0. The molecular weight excluding hydrogens is 182 g/mol. The molecule has 0 radical (unpaired) electrons. The Morgan fingerprint density at radius 3 is 2.40 bits per heavy atom. The molecule has 1 aliphatic heterocycles. The monoisotopic (exact) mass is 211 g/mol. The SMILES string of the molecule is CCCCC1CCN(CCC(C)C)CC1. The third-order valence-corrected chi connectivity index (χ3v) is 3.70. The lowest BCUT2D eigenvalue weighted by atomic mass is 9.91. The van der Waals surface area contributed by atoms with Crippen molar-refractivity contribution in [1.82, 2.24) is 4.90 Å². The van der Waals surface area contributed by atoms with Crippen molar-refractivity contribution in [3.8, 4) is 0 Å². The number of hydrogen-bond acceptors (Lipinski definition) is 1. The van der Waals surface area contributed by atoms with Crippen LogP contribution in [0.4, 0.5) is 0 Å². The lowest BCUT2D eigenvalue weighted by Crippen LogP contribution is -2.34. The molecule has 0 N–H and O–H groups in total. The fourth-order valence-corrected chi connectivity index (χ4v) is 2.43. The minimum absolute atomic E-state index is 0.864. The van der Waals surface area contributed by atoms with Gasteiger partial charge in [0.2, 0.25) is 0 Å². The molecule has 0 spiro atoms. The molecule has 0 amide bonds. The minimum Gasteiger partial charge on any atom is -0.303 e. The van der Waals surface area contributed by atoms with Crippen molar-refractivity contribution in [2.75, 3.05) is 19.6 Å². The van der Waals surface area contributed by atoms with Gasteiger partial charge in [-0.3, -0.25) is 0 Å². The van der Waals surface area contributed by atoms with Crippen LogP contribution in [0.25, 0.3) is 0 Å². The Bertz CT molecular complexity index is 145. The minimum atomic E-state index is 0.864. The summed E-state index contributed by atoms with van der Waals surface area (Å²) in [6.07, 6.45) is 8.58. The van der Waals surface area contributed by atoms with Crippen LogP contribution in [0.3, 0.4) is 0 Å². The van der Waals surface area contributed by atoms with Gasteiger partial charge in [-0.15, -0.1) is 0 Å². The summed E-state index contributed by atoms with van der Waals surface area (Å²) in [5.74, 6) is 1.91. The van der Waals surface area contributed by atoms with Gasteiger partial charge in [0.25, 0.3) is 0 Å². The van der Waals surface area contributed by atoms with E-state index in [1.165, 1.54) is 58.2 Å². The predicted octanol–water partition coefficient (Wildman–Crippen LogP) is 3.93. The van der Waals surface area contributed by atoms with E-state index in [1.54, 1.807) is 0 Å². The van der Waals surface area contributed by atoms with Crippen molar-refractivity contribution in [3.05, 3.63) is 0 Å². The average molecular weight is 211 g/mol. The maximum atomic E-state index is 2.67. The van der Waals surface area contributed by atoms with Crippen molar-refractivity contribution in [2.24, 2.45) is 11.8 Å². The molecule has 0 aromatic rings. The molecular formula is C14H29N. The fourth-order valence-electron chi connectivity index (χ4n) is 2.43. The molecule has 0 aromatic heterocycles. The van der Waals surface area contributed by atoms with E-state index in [2.05, 4.69) is 25.7 Å². The third-order valence-electron chi connectivity index (χ3n) is 3.70. The van der Waals surface area contributed by atoms with Crippen LogP contribution >= 0.6 is 0 Å². The van der Waals surface area contributed by atoms with E-state index in [1.807, 2.05) is 0 Å². The van der Waals surface area contributed by atoms with Crippen molar-refractivity contribution < 1.29 is 0 Å². The van der Waals surface area contributed by atoms with Crippen molar-refractivity contribution in [3.63, 3.8) is 0 Å². The Morgan fingerprint density at radius 1 is 1.20 bits per heavy atom. The first-order valence-electron chi connectivity index (χ1n) is 6.94. The smallest absolute Gasteiger partial charge is 0.00161 e. The molecule has 1 rings (SSSR count). The molecule has 1 nitrogen and oxygen atoms in total. The Kier molecular flexibility index (Phi) is 6.31. The largest absolute Gasteiger partial charge is 0.303 e. The van der Waals surface area contributed by atoms with Gasteiger partial charge in [-0.05, 0) is 50.7 Å². The lowest BCUT2D eigenvalue weighted by molar-refractivity contribution is 0.170. The zero-order valence-corrected chi connectivity index (χ0v) is 11.0. The highest BCUT2D eigenvalue weighted by atomic mass is 15.1. The van der Waals surface area contributed by atoms with Gasteiger partial charge in [-0.1, -0.05) is 40.0 Å². The Balaban J connectivity index is 2.07. The topological polar surface area (TPSA) is 3.24 Å². The highest BCUT2D eigenvalue weighted by Gasteiger charge is 2.18. The van der Waals surface area contributed by atoms with Gasteiger partial charge in [0.1, 0.15) is 0 Å². The molecule has 0 bridgehead atoms. The third kappa shape index (κ3) is 5.55. The highest BCUT2D eigenvalue weighted by Crippen LogP contribution is 2.22.